The predicted octanol–water partition coefficient (Wildman–Crippen LogP) is 5.56. The first-order valence-corrected chi connectivity index (χ1v) is 11.4. The summed E-state index contributed by atoms with van der Waals surface area (Å²) in [4.78, 5) is 18.1. The summed E-state index contributed by atoms with van der Waals surface area (Å²) < 4.78 is 36.7. The van der Waals surface area contributed by atoms with E-state index in [0.717, 1.165) is 5.57 Å². The van der Waals surface area contributed by atoms with Gasteiger partial charge in [-0.2, -0.15) is 0 Å². The van der Waals surface area contributed by atoms with Crippen LogP contribution in [0.3, 0.4) is 0 Å². The van der Waals surface area contributed by atoms with E-state index in [1.807, 2.05) is 26.8 Å². The number of pyridine rings is 1. The first-order valence-electron chi connectivity index (χ1n) is 11.4. The number of hydrogen-bond donors (Lipinski definition) is 0. The third-order valence-electron chi connectivity index (χ3n) is 5.81. The van der Waals surface area contributed by atoms with E-state index >= 15 is 4.39 Å². The number of carbonyl (C=O) groups is 1. The first-order chi connectivity index (χ1) is 16.6. The lowest BCUT2D eigenvalue weighted by Gasteiger charge is -2.29. The second kappa shape index (κ2) is 8.41. The molecule has 0 spiro atoms. The van der Waals surface area contributed by atoms with Crippen molar-refractivity contribution < 1.29 is 18.3 Å². The fourth-order valence-corrected chi connectivity index (χ4v) is 4.17. The average Bonchev–Trinajstić information content (AvgIpc) is 3.18. The standard InChI is InChI=1S/C26H25F2N5O2/c1-15-13-33-14-18(10-21(28)24(33)29-15)22-12-19-20(27)9-17(11-23(19)31-30-22)16-5-7-32(8-6-16)25(34)35-26(2,3)4/h5,9-14H,6-8H2,1-4H3. The molecule has 1 aliphatic rings. The summed E-state index contributed by atoms with van der Waals surface area (Å²) in [5.41, 5.74) is 3.22. The molecule has 1 aromatic carbocycles. The number of halogens is 2. The molecule has 0 atom stereocenters. The van der Waals surface area contributed by atoms with Gasteiger partial charge < -0.3 is 14.0 Å². The van der Waals surface area contributed by atoms with Crippen LogP contribution in [-0.2, 0) is 4.74 Å². The maximum atomic E-state index is 15.2. The summed E-state index contributed by atoms with van der Waals surface area (Å²) >= 11 is 0. The van der Waals surface area contributed by atoms with Crippen LogP contribution in [0.25, 0.3) is 33.4 Å². The zero-order valence-corrected chi connectivity index (χ0v) is 20.0. The summed E-state index contributed by atoms with van der Waals surface area (Å²) in [5, 5.41) is 8.74. The molecule has 0 radical (unpaired) electrons. The Morgan fingerprint density at radius 1 is 1.03 bits per heavy atom. The lowest BCUT2D eigenvalue weighted by Crippen LogP contribution is -2.39. The molecule has 0 aliphatic carbocycles. The van der Waals surface area contributed by atoms with Gasteiger partial charge in [0.1, 0.15) is 11.4 Å². The highest BCUT2D eigenvalue weighted by Crippen LogP contribution is 2.30. The lowest BCUT2D eigenvalue weighted by atomic mass is 9.98. The van der Waals surface area contributed by atoms with E-state index in [2.05, 4.69) is 15.2 Å². The molecule has 7 nitrogen and oxygen atoms in total. The van der Waals surface area contributed by atoms with E-state index in [4.69, 9.17) is 4.74 Å². The molecule has 9 heteroatoms. The van der Waals surface area contributed by atoms with E-state index in [9.17, 15) is 9.18 Å². The van der Waals surface area contributed by atoms with Gasteiger partial charge in [0.15, 0.2) is 11.5 Å². The first kappa shape index (κ1) is 22.9. The van der Waals surface area contributed by atoms with Crippen molar-refractivity contribution in [3.05, 3.63) is 65.6 Å². The van der Waals surface area contributed by atoms with Gasteiger partial charge in [-0.15, -0.1) is 10.2 Å². The molecule has 180 valence electrons. The van der Waals surface area contributed by atoms with Crippen molar-refractivity contribution in [2.75, 3.05) is 13.1 Å². The van der Waals surface area contributed by atoms with Crippen LogP contribution in [0.5, 0.6) is 0 Å². The largest absolute Gasteiger partial charge is 0.444 e. The molecular weight excluding hydrogens is 452 g/mol. The van der Waals surface area contributed by atoms with Crippen LogP contribution in [0.1, 0.15) is 38.4 Å². The number of aryl methyl sites for hydroxylation is 1. The normalized spacial score (nSPS) is 14.5. The van der Waals surface area contributed by atoms with Gasteiger partial charge >= 0.3 is 6.09 Å². The van der Waals surface area contributed by atoms with Crippen molar-refractivity contribution in [2.24, 2.45) is 0 Å². The van der Waals surface area contributed by atoms with E-state index in [0.29, 0.717) is 52.9 Å². The van der Waals surface area contributed by atoms with Crippen molar-refractivity contribution in [2.45, 2.75) is 39.7 Å². The molecule has 1 amide bonds. The number of hydrogen-bond acceptors (Lipinski definition) is 5. The van der Waals surface area contributed by atoms with E-state index in [-0.39, 0.29) is 11.7 Å². The summed E-state index contributed by atoms with van der Waals surface area (Å²) in [5.74, 6) is -0.929. The minimum Gasteiger partial charge on any atom is -0.444 e. The van der Waals surface area contributed by atoms with E-state index in [1.165, 1.54) is 12.1 Å². The van der Waals surface area contributed by atoms with Crippen LogP contribution < -0.4 is 0 Å². The monoisotopic (exact) mass is 477 g/mol. The molecule has 0 fully saturated rings. The van der Waals surface area contributed by atoms with Crippen LogP contribution in [0.4, 0.5) is 13.6 Å². The average molecular weight is 478 g/mol. The van der Waals surface area contributed by atoms with Crippen LogP contribution in [0.2, 0.25) is 0 Å². The van der Waals surface area contributed by atoms with Crippen molar-refractivity contribution in [1.29, 1.82) is 0 Å². The third-order valence-corrected chi connectivity index (χ3v) is 5.81. The number of benzene rings is 1. The zero-order valence-electron chi connectivity index (χ0n) is 20.0. The number of carbonyl (C=O) groups excluding carboxylic acids is 1. The van der Waals surface area contributed by atoms with Crippen molar-refractivity contribution >= 4 is 28.2 Å². The maximum Gasteiger partial charge on any atom is 0.410 e. The molecular formula is C26H25F2N5O2. The molecule has 0 N–H and O–H groups in total. The van der Waals surface area contributed by atoms with Crippen LogP contribution in [0, 0.1) is 18.6 Å². The van der Waals surface area contributed by atoms with Gasteiger partial charge in [0.25, 0.3) is 0 Å². The molecule has 1 aliphatic heterocycles. The fourth-order valence-electron chi connectivity index (χ4n) is 4.17. The quantitative estimate of drug-likeness (QED) is 0.378. The Labute approximate surface area is 201 Å². The van der Waals surface area contributed by atoms with Gasteiger partial charge in [-0.25, -0.2) is 18.6 Å². The SMILES string of the molecule is Cc1cn2cc(-c3cc4c(F)cc(C5=CCN(C(=O)OC(C)(C)C)CC5)cc4nn3)cc(F)c2n1. The Bertz CT molecular complexity index is 1500. The minimum absolute atomic E-state index is 0.224. The highest BCUT2D eigenvalue weighted by atomic mass is 19.1. The summed E-state index contributed by atoms with van der Waals surface area (Å²) in [7, 11) is 0. The summed E-state index contributed by atoms with van der Waals surface area (Å²) in [6, 6.07) is 6.15. The van der Waals surface area contributed by atoms with Gasteiger partial charge in [0.2, 0.25) is 0 Å². The Morgan fingerprint density at radius 3 is 2.51 bits per heavy atom. The smallest absolute Gasteiger partial charge is 0.410 e. The third kappa shape index (κ3) is 4.58. The van der Waals surface area contributed by atoms with Crippen molar-refractivity contribution in [3.8, 4) is 11.3 Å². The molecule has 5 rings (SSSR count). The van der Waals surface area contributed by atoms with Gasteiger partial charge in [-0.3, -0.25) is 0 Å². The number of aromatic nitrogens is 4. The molecule has 35 heavy (non-hydrogen) atoms. The Balaban J connectivity index is 1.43. The zero-order chi connectivity index (χ0) is 24.9. The molecule has 4 aromatic rings. The summed E-state index contributed by atoms with van der Waals surface area (Å²) in [6.07, 6.45) is 5.52. The maximum absolute atomic E-state index is 15.2. The predicted molar refractivity (Wildman–Crippen MR) is 129 cm³/mol. The van der Waals surface area contributed by atoms with Crippen LogP contribution in [-0.4, -0.2) is 49.3 Å². The number of imidazole rings is 1. The molecule has 4 heterocycles. The second-order valence-electron chi connectivity index (χ2n) is 9.72. The topological polar surface area (TPSA) is 72.6 Å². The van der Waals surface area contributed by atoms with Gasteiger partial charge in [0, 0.05) is 36.4 Å². The molecule has 0 saturated carbocycles. The Hall–Kier alpha value is -3.88. The molecule has 0 unspecified atom stereocenters. The fraction of sp³-hybridized carbons (Fsp3) is 0.308. The van der Waals surface area contributed by atoms with Gasteiger partial charge in [0.05, 0.1) is 16.9 Å². The summed E-state index contributed by atoms with van der Waals surface area (Å²) in [6.45, 7) is 8.13. The number of ether oxygens (including phenoxy) is 1. The van der Waals surface area contributed by atoms with Crippen molar-refractivity contribution in [1.82, 2.24) is 24.5 Å². The van der Waals surface area contributed by atoms with Crippen LogP contribution in [0.15, 0.2) is 42.7 Å². The number of rotatable bonds is 2. The van der Waals surface area contributed by atoms with Crippen LogP contribution >= 0.6 is 0 Å². The molecule has 0 bridgehead atoms. The number of amides is 1. The second-order valence-corrected chi connectivity index (χ2v) is 9.72. The van der Waals surface area contributed by atoms with Gasteiger partial charge in [-0.05, 0) is 69.5 Å². The minimum atomic E-state index is -0.560. The Morgan fingerprint density at radius 2 is 1.80 bits per heavy atom. The Kier molecular flexibility index (Phi) is 5.50. The number of fused-ring (bicyclic) bond motifs is 2. The highest BCUT2D eigenvalue weighted by molar-refractivity contribution is 5.86. The molecule has 0 saturated heterocycles. The molecule has 3 aromatic heterocycles. The van der Waals surface area contributed by atoms with Gasteiger partial charge in [-0.1, -0.05) is 6.08 Å². The lowest BCUT2D eigenvalue weighted by molar-refractivity contribution is 0.0270. The van der Waals surface area contributed by atoms with E-state index < -0.39 is 17.2 Å². The number of nitrogens with zero attached hydrogens (tertiary/aromatic N) is 5. The highest BCUT2D eigenvalue weighted by Gasteiger charge is 2.24. The van der Waals surface area contributed by atoms with E-state index in [1.54, 1.807) is 40.8 Å². The van der Waals surface area contributed by atoms with Crippen molar-refractivity contribution in [3.63, 3.8) is 0 Å².